The highest BCUT2D eigenvalue weighted by Gasteiger charge is 2.03. The zero-order valence-corrected chi connectivity index (χ0v) is 8.92. The van der Waals surface area contributed by atoms with E-state index >= 15 is 0 Å². The molecule has 0 fully saturated rings. The molecule has 0 aliphatic carbocycles. The number of rotatable bonds is 6. The quantitative estimate of drug-likeness (QED) is 0.623. The Morgan fingerprint density at radius 2 is 1.85 bits per heavy atom. The molecule has 0 spiro atoms. The molecule has 78 valence electrons. The predicted molar refractivity (Wildman–Crippen MR) is 54.5 cm³/mol. The number of hydrogen-bond acceptors (Lipinski definition) is 3. The van der Waals surface area contributed by atoms with Gasteiger partial charge in [0.05, 0.1) is 0 Å². The molecular weight excluding hydrogens is 166 g/mol. The fourth-order valence-electron chi connectivity index (χ4n) is 1.06. The Labute approximate surface area is 80.7 Å². The zero-order chi connectivity index (χ0) is 10.3. The minimum Gasteiger partial charge on any atom is -0.349 e. The molecule has 13 heavy (non-hydrogen) atoms. The Bertz CT molecular complexity index is 148. The number of hydrogen-bond donors (Lipinski definition) is 1. The summed E-state index contributed by atoms with van der Waals surface area (Å²) >= 11 is 0. The number of carbonyl (C=O) groups excluding carboxylic acids is 1. The van der Waals surface area contributed by atoms with Crippen molar-refractivity contribution < 1.29 is 4.79 Å². The molecule has 0 unspecified atom stereocenters. The van der Waals surface area contributed by atoms with Gasteiger partial charge in [-0.15, -0.1) is 0 Å². The maximum atomic E-state index is 11.2. The van der Waals surface area contributed by atoms with E-state index in [1.807, 2.05) is 7.05 Å². The van der Waals surface area contributed by atoms with Gasteiger partial charge in [-0.2, -0.15) is 0 Å². The van der Waals surface area contributed by atoms with Crippen LogP contribution in [0, 0.1) is 0 Å². The third-order valence-corrected chi connectivity index (χ3v) is 1.94. The van der Waals surface area contributed by atoms with Gasteiger partial charge in [-0.1, -0.05) is 0 Å². The lowest BCUT2D eigenvalue weighted by Gasteiger charge is -2.15. The van der Waals surface area contributed by atoms with Gasteiger partial charge in [0, 0.05) is 33.6 Å². The standard InChI is InChI=1S/C9H21N3O/c1-11(2)9(13)5-4-7-12(3)8-6-10/h4-8,10H2,1-3H3. The molecule has 0 aliphatic rings. The first-order valence-corrected chi connectivity index (χ1v) is 4.66. The van der Waals surface area contributed by atoms with E-state index in [9.17, 15) is 4.79 Å². The molecule has 0 bridgehead atoms. The van der Waals surface area contributed by atoms with Gasteiger partial charge in [-0.05, 0) is 20.0 Å². The van der Waals surface area contributed by atoms with E-state index in [0.29, 0.717) is 13.0 Å². The van der Waals surface area contributed by atoms with Gasteiger partial charge in [-0.3, -0.25) is 4.79 Å². The molecule has 0 saturated heterocycles. The van der Waals surface area contributed by atoms with Crippen molar-refractivity contribution in [1.82, 2.24) is 9.80 Å². The number of likely N-dealkylation sites (N-methyl/N-ethyl adjacent to an activating group) is 1. The SMILES string of the molecule is CN(CCN)CCCC(=O)N(C)C. The highest BCUT2D eigenvalue weighted by molar-refractivity contribution is 5.75. The van der Waals surface area contributed by atoms with E-state index in [0.717, 1.165) is 19.5 Å². The average Bonchev–Trinajstić information content (AvgIpc) is 2.04. The lowest BCUT2D eigenvalue weighted by atomic mass is 10.2. The molecule has 0 rings (SSSR count). The number of nitrogens with zero attached hydrogens (tertiary/aromatic N) is 2. The monoisotopic (exact) mass is 187 g/mol. The second-order valence-electron chi connectivity index (χ2n) is 3.48. The first-order chi connectivity index (χ1) is 6.07. The molecule has 0 aromatic heterocycles. The summed E-state index contributed by atoms with van der Waals surface area (Å²) in [5, 5.41) is 0. The van der Waals surface area contributed by atoms with Crippen molar-refractivity contribution in [2.24, 2.45) is 5.73 Å². The fraction of sp³-hybridized carbons (Fsp3) is 0.889. The summed E-state index contributed by atoms with van der Waals surface area (Å²) in [6.07, 6.45) is 1.54. The lowest BCUT2D eigenvalue weighted by molar-refractivity contribution is -0.128. The highest BCUT2D eigenvalue weighted by atomic mass is 16.2. The van der Waals surface area contributed by atoms with E-state index in [1.54, 1.807) is 19.0 Å². The largest absolute Gasteiger partial charge is 0.349 e. The molecule has 0 radical (unpaired) electrons. The summed E-state index contributed by atoms with van der Waals surface area (Å²) < 4.78 is 0. The van der Waals surface area contributed by atoms with E-state index in [2.05, 4.69) is 4.90 Å². The van der Waals surface area contributed by atoms with Crippen molar-refractivity contribution in [2.45, 2.75) is 12.8 Å². The van der Waals surface area contributed by atoms with Crippen LogP contribution in [0.5, 0.6) is 0 Å². The van der Waals surface area contributed by atoms with E-state index in [1.165, 1.54) is 0 Å². The van der Waals surface area contributed by atoms with E-state index in [4.69, 9.17) is 5.73 Å². The first-order valence-electron chi connectivity index (χ1n) is 4.66. The Morgan fingerprint density at radius 1 is 1.23 bits per heavy atom. The maximum absolute atomic E-state index is 11.2. The minimum absolute atomic E-state index is 0.196. The molecule has 0 aliphatic heterocycles. The van der Waals surface area contributed by atoms with Crippen LogP contribution in [0.2, 0.25) is 0 Å². The highest BCUT2D eigenvalue weighted by Crippen LogP contribution is 1.95. The van der Waals surface area contributed by atoms with Gasteiger partial charge in [0.15, 0.2) is 0 Å². The summed E-state index contributed by atoms with van der Waals surface area (Å²) in [6, 6.07) is 0. The van der Waals surface area contributed by atoms with Crippen LogP contribution < -0.4 is 5.73 Å². The zero-order valence-electron chi connectivity index (χ0n) is 8.92. The number of carbonyl (C=O) groups is 1. The second kappa shape index (κ2) is 6.86. The van der Waals surface area contributed by atoms with Crippen LogP contribution in [0.15, 0.2) is 0 Å². The smallest absolute Gasteiger partial charge is 0.222 e. The molecule has 0 aromatic carbocycles. The van der Waals surface area contributed by atoms with Crippen LogP contribution in [-0.2, 0) is 4.79 Å². The van der Waals surface area contributed by atoms with Crippen LogP contribution >= 0.6 is 0 Å². The van der Waals surface area contributed by atoms with Gasteiger partial charge in [0.2, 0.25) is 5.91 Å². The Kier molecular flexibility index (Phi) is 6.54. The van der Waals surface area contributed by atoms with Crippen LogP contribution in [0.3, 0.4) is 0 Å². The van der Waals surface area contributed by atoms with Crippen molar-refractivity contribution in [1.29, 1.82) is 0 Å². The lowest BCUT2D eigenvalue weighted by Crippen LogP contribution is -2.28. The number of nitrogens with two attached hydrogens (primary N) is 1. The molecule has 4 nitrogen and oxygen atoms in total. The van der Waals surface area contributed by atoms with Gasteiger partial charge >= 0.3 is 0 Å². The summed E-state index contributed by atoms with van der Waals surface area (Å²) in [7, 11) is 5.59. The van der Waals surface area contributed by atoms with Gasteiger partial charge in [0.1, 0.15) is 0 Å². The van der Waals surface area contributed by atoms with Gasteiger partial charge < -0.3 is 15.5 Å². The summed E-state index contributed by atoms with van der Waals surface area (Å²) in [6.45, 7) is 2.52. The van der Waals surface area contributed by atoms with Crippen molar-refractivity contribution in [3.05, 3.63) is 0 Å². The van der Waals surface area contributed by atoms with E-state index < -0.39 is 0 Å². The predicted octanol–water partition coefficient (Wildman–Crippen LogP) is -0.255. The average molecular weight is 187 g/mol. The Hall–Kier alpha value is -0.610. The van der Waals surface area contributed by atoms with Crippen LogP contribution in [0.4, 0.5) is 0 Å². The third kappa shape index (κ3) is 6.54. The Morgan fingerprint density at radius 3 is 2.31 bits per heavy atom. The summed E-state index contributed by atoms with van der Waals surface area (Å²) in [4.78, 5) is 14.9. The number of amides is 1. The molecule has 4 heteroatoms. The molecule has 0 heterocycles. The van der Waals surface area contributed by atoms with Crippen LogP contribution in [0.1, 0.15) is 12.8 Å². The van der Waals surface area contributed by atoms with E-state index in [-0.39, 0.29) is 5.91 Å². The summed E-state index contributed by atoms with van der Waals surface area (Å²) in [5.74, 6) is 0.196. The second-order valence-corrected chi connectivity index (χ2v) is 3.48. The van der Waals surface area contributed by atoms with Gasteiger partial charge in [-0.25, -0.2) is 0 Å². The molecule has 2 N–H and O–H groups in total. The van der Waals surface area contributed by atoms with Crippen molar-refractivity contribution in [2.75, 3.05) is 40.8 Å². The first kappa shape index (κ1) is 12.4. The minimum atomic E-state index is 0.196. The normalized spacial score (nSPS) is 10.5. The molecular formula is C9H21N3O. The van der Waals surface area contributed by atoms with Crippen molar-refractivity contribution >= 4 is 5.91 Å². The molecule has 0 saturated carbocycles. The fourth-order valence-corrected chi connectivity index (χ4v) is 1.06. The van der Waals surface area contributed by atoms with Crippen LogP contribution in [-0.4, -0.2) is 56.5 Å². The van der Waals surface area contributed by atoms with Gasteiger partial charge in [0.25, 0.3) is 0 Å². The summed E-state index contributed by atoms with van der Waals surface area (Å²) in [5.41, 5.74) is 5.39. The molecule has 0 atom stereocenters. The van der Waals surface area contributed by atoms with Crippen LogP contribution in [0.25, 0.3) is 0 Å². The molecule has 1 amide bonds. The maximum Gasteiger partial charge on any atom is 0.222 e. The third-order valence-electron chi connectivity index (χ3n) is 1.94. The Balaban J connectivity index is 3.39. The van der Waals surface area contributed by atoms with Crippen molar-refractivity contribution in [3.63, 3.8) is 0 Å². The molecule has 0 aromatic rings. The van der Waals surface area contributed by atoms with Crippen molar-refractivity contribution in [3.8, 4) is 0 Å². The topological polar surface area (TPSA) is 49.6 Å².